The van der Waals surface area contributed by atoms with E-state index in [0.29, 0.717) is 5.54 Å². The van der Waals surface area contributed by atoms with Crippen LogP contribution in [0, 0.1) is 0 Å². The molecule has 66 valence electrons. The first-order valence-electron chi connectivity index (χ1n) is 4.87. The molecule has 0 aromatic heterocycles. The Balaban J connectivity index is 2.64. The van der Waals surface area contributed by atoms with Gasteiger partial charge in [-0.1, -0.05) is 6.92 Å². The highest BCUT2D eigenvalue weighted by Gasteiger charge is 2.35. The monoisotopic (exact) mass is 155 g/mol. The van der Waals surface area contributed by atoms with Crippen LogP contribution < -0.4 is 0 Å². The highest BCUT2D eigenvalue weighted by molar-refractivity contribution is 4.92. The van der Waals surface area contributed by atoms with Crippen LogP contribution in [0.4, 0.5) is 0 Å². The lowest BCUT2D eigenvalue weighted by Crippen LogP contribution is -2.44. The smallest absolute Gasteiger partial charge is 0.0182 e. The minimum atomic E-state index is 0.508. The molecule has 0 amide bonds. The van der Waals surface area contributed by atoms with Gasteiger partial charge in [0.05, 0.1) is 0 Å². The predicted octanol–water partition coefficient (Wildman–Crippen LogP) is 2.66. The lowest BCUT2D eigenvalue weighted by Gasteiger charge is -2.37. The maximum atomic E-state index is 2.65. The molecule has 1 atom stereocenters. The largest absolute Gasteiger partial charge is 0.296 e. The number of nitrogens with zero attached hydrogens (tertiary/aromatic N) is 1. The third-order valence-corrected chi connectivity index (χ3v) is 3.19. The Morgan fingerprint density at radius 3 is 2.45 bits per heavy atom. The molecule has 1 heteroatoms. The lowest BCUT2D eigenvalue weighted by atomic mass is 9.95. The number of rotatable bonds is 2. The van der Waals surface area contributed by atoms with Gasteiger partial charge in [-0.2, -0.15) is 0 Å². The van der Waals surface area contributed by atoms with E-state index in [2.05, 4.69) is 32.6 Å². The Bertz CT molecular complexity index is 131. The molecule has 0 aliphatic carbocycles. The zero-order chi connectivity index (χ0) is 8.48. The Labute approximate surface area is 70.8 Å². The van der Waals surface area contributed by atoms with Gasteiger partial charge in [-0.15, -0.1) is 0 Å². The molecule has 0 radical (unpaired) electrons. The van der Waals surface area contributed by atoms with Crippen molar-refractivity contribution in [1.82, 2.24) is 4.90 Å². The second-order valence-corrected chi connectivity index (χ2v) is 4.24. The van der Waals surface area contributed by atoms with Crippen molar-refractivity contribution in [2.45, 2.75) is 58.5 Å². The van der Waals surface area contributed by atoms with Gasteiger partial charge in [-0.25, -0.2) is 0 Å². The maximum Gasteiger partial charge on any atom is 0.0182 e. The van der Waals surface area contributed by atoms with Crippen LogP contribution in [0.5, 0.6) is 0 Å². The fraction of sp³-hybridized carbons (Fsp3) is 1.00. The van der Waals surface area contributed by atoms with Crippen LogP contribution in [-0.4, -0.2) is 23.0 Å². The summed E-state index contributed by atoms with van der Waals surface area (Å²) in [7, 11) is 0. The van der Waals surface area contributed by atoms with Gasteiger partial charge < -0.3 is 0 Å². The molecule has 0 bridgehead atoms. The SMILES string of the molecule is CCC1(C)CCCN1C(C)C. The first-order chi connectivity index (χ1) is 5.10. The van der Waals surface area contributed by atoms with Crippen molar-refractivity contribution < 1.29 is 0 Å². The summed E-state index contributed by atoms with van der Waals surface area (Å²) in [6.45, 7) is 10.6. The van der Waals surface area contributed by atoms with Crippen LogP contribution in [0.15, 0.2) is 0 Å². The van der Waals surface area contributed by atoms with E-state index in [9.17, 15) is 0 Å². The first-order valence-corrected chi connectivity index (χ1v) is 4.87. The van der Waals surface area contributed by atoms with Crippen molar-refractivity contribution >= 4 is 0 Å². The van der Waals surface area contributed by atoms with Gasteiger partial charge in [-0.3, -0.25) is 4.90 Å². The van der Waals surface area contributed by atoms with Crippen molar-refractivity contribution in [3.05, 3.63) is 0 Å². The normalized spacial score (nSPS) is 33.5. The Hall–Kier alpha value is -0.0400. The molecular weight excluding hydrogens is 134 g/mol. The summed E-state index contributed by atoms with van der Waals surface area (Å²) in [6.07, 6.45) is 4.08. The molecule has 1 rings (SSSR count). The predicted molar refractivity (Wildman–Crippen MR) is 49.8 cm³/mol. The average Bonchev–Trinajstić information content (AvgIpc) is 2.32. The second kappa shape index (κ2) is 3.14. The third kappa shape index (κ3) is 1.58. The van der Waals surface area contributed by atoms with E-state index in [4.69, 9.17) is 0 Å². The van der Waals surface area contributed by atoms with Crippen LogP contribution in [0.2, 0.25) is 0 Å². The van der Waals surface area contributed by atoms with Crippen molar-refractivity contribution in [1.29, 1.82) is 0 Å². The molecule has 1 fully saturated rings. The molecule has 1 aliphatic rings. The fourth-order valence-electron chi connectivity index (χ4n) is 2.31. The van der Waals surface area contributed by atoms with E-state index in [1.165, 1.54) is 25.8 Å². The molecule has 0 N–H and O–H groups in total. The van der Waals surface area contributed by atoms with Gasteiger partial charge >= 0.3 is 0 Å². The Morgan fingerprint density at radius 1 is 1.45 bits per heavy atom. The molecule has 0 aromatic carbocycles. The summed E-state index contributed by atoms with van der Waals surface area (Å²) in [4.78, 5) is 2.65. The van der Waals surface area contributed by atoms with E-state index in [-0.39, 0.29) is 0 Å². The van der Waals surface area contributed by atoms with Crippen LogP contribution in [0.25, 0.3) is 0 Å². The maximum absolute atomic E-state index is 2.65. The van der Waals surface area contributed by atoms with Crippen molar-refractivity contribution in [3.63, 3.8) is 0 Å². The molecule has 1 aliphatic heterocycles. The molecule has 1 unspecified atom stereocenters. The Morgan fingerprint density at radius 2 is 2.09 bits per heavy atom. The van der Waals surface area contributed by atoms with Gasteiger partial charge in [-0.05, 0) is 46.6 Å². The van der Waals surface area contributed by atoms with Gasteiger partial charge in [0.15, 0.2) is 0 Å². The molecule has 11 heavy (non-hydrogen) atoms. The van der Waals surface area contributed by atoms with Gasteiger partial charge in [0.25, 0.3) is 0 Å². The molecule has 0 aromatic rings. The van der Waals surface area contributed by atoms with E-state index < -0.39 is 0 Å². The quantitative estimate of drug-likeness (QED) is 0.592. The highest BCUT2D eigenvalue weighted by atomic mass is 15.2. The van der Waals surface area contributed by atoms with Crippen LogP contribution in [-0.2, 0) is 0 Å². The lowest BCUT2D eigenvalue weighted by molar-refractivity contribution is 0.114. The van der Waals surface area contributed by atoms with Crippen molar-refractivity contribution in [3.8, 4) is 0 Å². The van der Waals surface area contributed by atoms with Crippen molar-refractivity contribution in [2.75, 3.05) is 6.54 Å². The zero-order valence-electron chi connectivity index (χ0n) is 8.35. The molecule has 0 saturated carbocycles. The highest BCUT2D eigenvalue weighted by Crippen LogP contribution is 2.33. The number of hydrogen-bond donors (Lipinski definition) is 0. The van der Waals surface area contributed by atoms with Gasteiger partial charge in [0, 0.05) is 11.6 Å². The second-order valence-electron chi connectivity index (χ2n) is 4.24. The molecule has 1 saturated heterocycles. The van der Waals surface area contributed by atoms with E-state index in [0.717, 1.165) is 6.04 Å². The fourth-order valence-corrected chi connectivity index (χ4v) is 2.31. The summed E-state index contributed by atoms with van der Waals surface area (Å²) in [5.41, 5.74) is 0.508. The molecular formula is C10H21N. The average molecular weight is 155 g/mol. The first kappa shape index (κ1) is 9.05. The molecule has 0 spiro atoms. The molecule has 1 heterocycles. The summed E-state index contributed by atoms with van der Waals surface area (Å²) in [6, 6.07) is 0.724. The summed E-state index contributed by atoms with van der Waals surface area (Å²) in [5, 5.41) is 0. The number of likely N-dealkylation sites (tertiary alicyclic amines) is 1. The number of hydrogen-bond acceptors (Lipinski definition) is 1. The van der Waals surface area contributed by atoms with Crippen molar-refractivity contribution in [2.24, 2.45) is 0 Å². The molecule has 1 nitrogen and oxygen atoms in total. The standard InChI is InChI=1S/C10H21N/c1-5-10(4)7-6-8-11(10)9(2)3/h9H,5-8H2,1-4H3. The van der Waals surface area contributed by atoms with Gasteiger partial charge in [0.1, 0.15) is 0 Å². The summed E-state index contributed by atoms with van der Waals surface area (Å²) in [5.74, 6) is 0. The summed E-state index contributed by atoms with van der Waals surface area (Å²) >= 11 is 0. The van der Waals surface area contributed by atoms with Crippen LogP contribution in [0.1, 0.15) is 47.0 Å². The summed E-state index contributed by atoms with van der Waals surface area (Å²) < 4.78 is 0. The zero-order valence-corrected chi connectivity index (χ0v) is 8.35. The minimum Gasteiger partial charge on any atom is -0.296 e. The van der Waals surface area contributed by atoms with E-state index in [1.807, 2.05) is 0 Å². The minimum absolute atomic E-state index is 0.508. The van der Waals surface area contributed by atoms with E-state index >= 15 is 0 Å². The Kier molecular flexibility index (Phi) is 2.58. The third-order valence-electron chi connectivity index (χ3n) is 3.19. The van der Waals surface area contributed by atoms with Gasteiger partial charge in [0.2, 0.25) is 0 Å². The topological polar surface area (TPSA) is 3.24 Å². The van der Waals surface area contributed by atoms with Crippen LogP contribution in [0.3, 0.4) is 0 Å². The van der Waals surface area contributed by atoms with Crippen LogP contribution >= 0.6 is 0 Å². The van der Waals surface area contributed by atoms with E-state index in [1.54, 1.807) is 0 Å².